The van der Waals surface area contributed by atoms with Crippen molar-refractivity contribution in [1.29, 1.82) is 0 Å². The van der Waals surface area contributed by atoms with E-state index in [-0.39, 0.29) is 23.3 Å². The van der Waals surface area contributed by atoms with Crippen LogP contribution in [-0.4, -0.2) is 10.1 Å². The number of nitrogens with one attached hydrogen (secondary N) is 3. The molecular weight excluding hydrogens is 452 g/mol. The lowest BCUT2D eigenvalue weighted by atomic mass is 10.0. The van der Waals surface area contributed by atoms with Crippen LogP contribution in [0.5, 0.6) is 0 Å². The van der Waals surface area contributed by atoms with Crippen LogP contribution in [0, 0.1) is 0 Å². The molecule has 0 fully saturated rings. The number of hydrogen-bond acceptors (Lipinski definition) is 5. The van der Waals surface area contributed by atoms with Gasteiger partial charge in [-0.05, 0) is 48.1 Å². The van der Waals surface area contributed by atoms with Crippen LogP contribution in [0.25, 0.3) is 0 Å². The van der Waals surface area contributed by atoms with Crippen LogP contribution in [0.4, 0.5) is 37.8 Å². The maximum Gasteiger partial charge on any atom is 0.416 e. The first kappa shape index (κ1) is 22.0. The first-order valence-electron chi connectivity index (χ1n) is 8.20. The van der Waals surface area contributed by atoms with Crippen molar-refractivity contribution in [3.05, 3.63) is 64.8 Å². The van der Waals surface area contributed by atoms with Crippen LogP contribution in [0.1, 0.15) is 16.7 Å². The van der Waals surface area contributed by atoms with Crippen molar-refractivity contribution in [3.63, 3.8) is 0 Å². The zero-order valence-electron chi connectivity index (χ0n) is 14.8. The molecule has 0 bridgehead atoms. The van der Waals surface area contributed by atoms with Crippen LogP contribution in [0.15, 0.2) is 48.1 Å². The molecule has 1 aliphatic rings. The molecule has 0 saturated heterocycles. The molecule has 13 heteroatoms. The van der Waals surface area contributed by atoms with Gasteiger partial charge in [-0.25, -0.2) is 9.40 Å². The third kappa shape index (κ3) is 5.69. The van der Waals surface area contributed by atoms with E-state index in [9.17, 15) is 26.3 Å². The van der Waals surface area contributed by atoms with Gasteiger partial charge < -0.3 is 10.6 Å². The van der Waals surface area contributed by atoms with Crippen molar-refractivity contribution in [1.82, 2.24) is 15.7 Å². The predicted octanol–water partition coefficient (Wildman–Crippen LogP) is 5.05. The number of rotatable bonds is 4. The van der Waals surface area contributed by atoms with Crippen LogP contribution < -0.4 is 20.5 Å². The molecule has 1 aliphatic heterocycles. The van der Waals surface area contributed by atoms with E-state index in [1.807, 2.05) is 5.41 Å². The minimum Gasteiger partial charge on any atom is -0.358 e. The van der Waals surface area contributed by atoms with Gasteiger partial charge in [-0.3, -0.25) is 5.43 Å². The van der Waals surface area contributed by atoms with Crippen LogP contribution in [-0.2, 0) is 18.9 Å². The lowest BCUT2D eigenvalue weighted by Gasteiger charge is -2.16. The highest BCUT2D eigenvalue weighted by molar-refractivity contribution is 8.03. The molecular formula is C17H13F6N5S2. The second kappa shape index (κ2) is 8.60. The van der Waals surface area contributed by atoms with Crippen molar-refractivity contribution < 1.29 is 26.3 Å². The summed E-state index contributed by atoms with van der Waals surface area (Å²) in [7, 11) is 0. The predicted molar refractivity (Wildman–Crippen MR) is 106 cm³/mol. The maximum atomic E-state index is 12.9. The van der Waals surface area contributed by atoms with E-state index in [1.165, 1.54) is 18.1 Å². The molecule has 0 radical (unpaired) electrons. The number of alkyl halides is 6. The Morgan fingerprint density at radius 2 is 1.73 bits per heavy atom. The number of hydrogen-bond donors (Lipinski definition) is 3. The van der Waals surface area contributed by atoms with Crippen LogP contribution >= 0.6 is 24.2 Å². The van der Waals surface area contributed by atoms with Gasteiger partial charge in [-0.2, -0.15) is 26.3 Å². The molecule has 3 rings (SSSR count). The number of pyridine rings is 1. The largest absolute Gasteiger partial charge is 0.416 e. The van der Waals surface area contributed by atoms with Gasteiger partial charge in [0, 0.05) is 30.1 Å². The zero-order chi connectivity index (χ0) is 21.9. The summed E-state index contributed by atoms with van der Waals surface area (Å²) in [4.78, 5) is 4.21. The Balaban J connectivity index is 1.64. The Morgan fingerprint density at radius 3 is 2.23 bits per heavy atom. The summed E-state index contributed by atoms with van der Waals surface area (Å²) in [6.45, 7) is -0.329. The highest BCUT2D eigenvalue weighted by Gasteiger charge is 2.36. The molecule has 1 aromatic carbocycles. The molecule has 30 heavy (non-hydrogen) atoms. The fraction of sp³-hybridized carbons (Fsp3) is 0.176. The highest BCUT2D eigenvalue weighted by Crippen LogP contribution is 2.36. The third-order valence-electron chi connectivity index (χ3n) is 3.74. The molecule has 0 amide bonds. The molecule has 0 aliphatic carbocycles. The number of benzene rings is 1. The van der Waals surface area contributed by atoms with Gasteiger partial charge in [0.05, 0.1) is 23.0 Å². The number of thiocarbonyl (C=S) groups is 1. The van der Waals surface area contributed by atoms with E-state index >= 15 is 0 Å². The first-order valence-corrected chi connectivity index (χ1v) is 9.44. The molecule has 3 N–H and O–H groups in total. The summed E-state index contributed by atoms with van der Waals surface area (Å²) in [5.41, 5.74) is 0.463. The average molecular weight is 465 g/mol. The molecule has 0 saturated carbocycles. The molecule has 2 aromatic rings. The summed E-state index contributed by atoms with van der Waals surface area (Å²) in [5.74, 6) is 0.623. The van der Waals surface area contributed by atoms with Gasteiger partial charge in [0.15, 0.2) is 10.9 Å². The highest BCUT2D eigenvalue weighted by atomic mass is 32.2. The van der Waals surface area contributed by atoms with E-state index in [0.717, 1.165) is 0 Å². The zero-order valence-corrected chi connectivity index (χ0v) is 16.4. The number of anilines is 2. The fourth-order valence-corrected chi connectivity index (χ4v) is 3.17. The van der Waals surface area contributed by atoms with Crippen LogP contribution in [0.2, 0.25) is 0 Å². The lowest BCUT2D eigenvalue weighted by molar-refractivity contribution is -0.143. The standard InChI is InChI=1S/C17H13F6N5S2/c18-16(19,20)11-5-10(6-12(7-11)17(21,22)23)8-25-15(29)27-13-1-2-14(24-9-13)28-26-3-4-30-28/h1-7,9,26H,8H2,(H2,25,27,29). The molecule has 0 unspecified atom stereocenters. The van der Waals surface area contributed by atoms with E-state index in [1.54, 1.807) is 22.7 Å². The van der Waals surface area contributed by atoms with Crippen molar-refractivity contribution in [2.24, 2.45) is 0 Å². The van der Waals surface area contributed by atoms with E-state index in [2.05, 4.69) is 21.0 Å². The molecule has 2 heterocycles. The van der Waals surface area contributed by atoms with Gasteiger partial charge in [-0.1, -0.05) is 0 Å². The average Bonchev–Trinajstić information content (AvgIpc) is 3.20. The Kier molecular flexibility index (Phi) is 6.31. The van der Waals surface area contributed by atoms with Crippen molar-refractivity contribution in [2.75, 3.05) is 9.73 Å². The minimum atomic E-state index is -4.90. The normalized spacial score (nSPS) is 13.9. The Hall–Kier alpha value is -2.67. The summed E-state index contributed by atoms with van der Waals surface area (Å²) in [6.07, 6.45) is -6.59. The quantitative estimate of drug-likeness (QED) is 0.332. The lowest BCUT2D eigenvalue weighted by Crippen LogP contribution is -2.28. The first-order chi connectivity index (χ1) is 14.0. The molecule has 160 valence electrons. The Morgan fingerprint density at radius 1 is 1.07 bits per heavy atom. The summed E-state index contributed by atoms with van der Waals surface area (Å²) >= 11 is 6.44. The van der Waals surface area contributed by atoms with Gasteiger partial charge in [0.1, 0.15) is 0 Å². The second-order valence-corrected chi connectivity index (χ2v) is 7.21. The maximum absolute atomic E-state index is 12.9. The Bertz CT molecular complexity index is 903. The fourth-order valence-electron chi connectivity index (χ4n) is 2.40. The second-order valence-electron chi connectivity index (χ2n) is 5.96. The number of hydrazine groups is 1. The van der Waals surface area contributed by atoms with Gasteiger partial charge in [-0.15, -0.1) is 0 Å². The van der Waals surface area contributed by atoms with Crippen molar-refractivity contribution in [3.8, 4) is 0 Å². The molecule has 1 aromatic heterocycles. The summed E-state index contributed by atoms with van der Waals surface area (Å²) < 4.78 is 79.2. The third-order valence-corrected chi connectivity index (χ3v) is 4.75. The van der Waals surface area contributed by atoms with Gasteiger partial charge in [0.25, 0.3) is 0 Å². The van der Waals surface area contributed by atoms with E-state index < -0.39 is 23.5 Å². The van der Waals surface area contributed by atoms with Crippen LogP contribution in [0.3, 0.4) is 0 Å². The number of halogens is 6. The van der Waals surface area contributed by atoms with Crippen molar-refractivity contribution in [2.45, 2.75) is 18.9 Å². The smallest absolute Gasteiger partial charge is 0.358 e. The van der Waals surface area contributed by atoms with Gasteiger partial charge in [0.2, 0.25) is 0 Å². The molecule has 0 atom stereocenters. The monoisotopic (exact) mass is 465 g/mol. The number of aromatic nitrogens is 1. The topological polar surface area (TPSA) is 52.2 Å². The van der Waals surface area contributed by atoms with E-state index in [0.29, 0.717) is 23.6 Å². The van der Waals surface area contributed by atoms with Crippen molar-refractivity contribution >= 4 is 40.8 Å². The summed E-state index contributed by atoms with van der Waals surface area (Å²) in [6, 6.07) is 4.74. The summed E-state index contributed by atoms with van der Waals surface area (Å²) in [5, 5.41) is 7.21. The minimum absolute atomic E-state index is 0.0193. The molecule has 0 spiro atoms. The van der Waals surface area contributed by atoms with E-state index in [4.69, 9.17) is 12.2 Å². The van der Waals surface area contributed by atoms with Gasteiger partial charge >= 0.3 is 12.4 Å². The number of nitrogens with zero attached hydrogens (tertiary/aromatic N) is 2. The Labute approximate surface area is 176 Å². The molecule has 5 nitrogen and oxygen atoms in total. The SMILES string of the molecule is FC(F)(F)c1cc(CNC(=S)Nc2ccc(N3NC=CS3)nc2)cc(C(F)(F)F)c1.